The zero-order valence-corrected chi connectivity index (χ0v) is 15.5. The van der Waals surface area contributed by atoms with Crippen molar-refractivity contribution >= 4 is 23.2 Å². The number of piperazine rings is 1. The van der Waals surface area contributed by atoms with Crippen LogP contribution in [-0.4, -0.2) is 42.7 Å². The molecule has 1 aliphatic heterocycles. The summed E-state index contributed by atoms with van der Waals surface area (Å²) >= 11 is 0. The summed E-state index contributed by atoms with van der Waals surface area (Å²) in [6, 6.07) is 19.2. The molecule has 1 unspecified atom stereocenters. The van der Waals surface area contributed by atoms with Crippen LogP contribution < -0.4 is 10.1 Å². The summed E-state index contributed by atoms with van der Waals surface area (Å²) in [6.07, 6.45) is 3.79. The van der Waals surface area contributed by atoms with Crippen molar-refractivity contribution in [1.29, 1.82) is 0 Å². The quantitative estimate of drug-likeness (QED) is 0.744. The van der Waals surface area contributed by atoms with E-state index in [1.54, 1.807) is 0 Å². The SMILES string of the molecule is Cl.c1cncc(C2CNCCN2CCOc2ccc3ccccc3c2)c1. The zero-order chi connectivity index (χ0) is 16.9. The lowest BCUT2D eigenvalue weighted by Gasteiger charge is -2.36. The normalized spacial score (nSPS) is 17.6. The maximum absolute atomic E-state index is 6.02. The van der Waals surface area contributed by atoms with Crippen LogP contribution in [0.25, 0.3) is 10.8 Å². The number of ether oxygens (including phenoxy) is 1. The summed E-state index contributed by atoms with van der Waals surface area (Å²) in [5.41, 5.74) is 1.26. The number of nitrogens with zero attached hydrogens (tertiary/aromatic N) is 2. The lowest BCUT2D eigenvalue weighted by Crippen LogP contribution is -2.47. The van der Waals surface area contributed by atoms with E-state index in [0.29, 0.717) is 12.6 Å². The third kappa shape index (κ3) is 4.33. The molecule has 0 spiro atoms. The van der Waals surface area contributed by atoms with E-state index < -0.39 is 0 Å². The highest BCUT2D eigenvalue weighted by Gasteiger charge is 2.23. The van der Waals surface area contributed by atoms with Gasteiger partial charge in [0.15, 0.2) is 0 Å². The third-order valence-electron chi connectivity index (χ3n) is 4.79. The van der Waals surface area contributed by atoms with Gasteiger partial charge in [-0.3, -0.25) is 9.88 Å². The molecule has 0 aliphatic carbocycles. The number of fused-ring (bicyclic) bond motifs is 1. The predicted molar refractivity (Wildman–Crippen MR) is 108 cm³/mol. The standard InChI is InChI=1S/C21H23N3O.ClH/c1-2-5-18-14-20(8-7-17(18)4-1)25-13-12-24-11-10-23-16-21(24)19-6-3-9-22-15-19;/h1-9,14-15,21,23H,10-13,16H2;1H. The van der Waals surface area contributed by atoms with Gasteiger partial charge < -0.3 is 10.1 Å². The van der Waals surface area contributed by atoms with E-state index in [9.17, 15) is 0 Å². The molecule has 2 aromatic carbocycles. The molecular weight excluding hydrogens is 346 g/mol. The minimum absolute atomic E-state index is 0. The first-order chi connectivity index (χ1) is 12.4. The summed E-state index contributed by atoms with van der Waals surface area (Å²) in [7, 11) is 0. The fourth-order valence-corrected chi connectivity index (χ4v) is 3.45. The minimum atomic E-state index is 0. The first-order valence-electron chi connectivity index (χ1n) is 8.86. The second kappa shape index (κ2) is 8.99. The highest BCUT2D eigenvalue weighted by molar-refractivity contribution is 5.85. The molecule has 4 nitrogen and oxygen atoms in total. The number of hydrogen-bond donors (Lipinski definition) is 1. The molecule has 0 bridgehead atoms. The van der Waals surface area contributed by atoms with Crippen molar-refractivity contribution in [2.24, 2.45) is 0 Å². The molecule has 136 valence electrons. The Kier molecular flexibility index (Phi) is 6.45. The first kappa shape index (κ1) is 18.6. The number of aromatic nitrogens is 1. The minimum Gasteiger partial charge on any atom is -0.492 e. The predicted octanol–water partition coefficient (Wildman–Crippen LogP) is 3.68. The Morgan fingerprint density at radius 3 is 2.81 bits per heavy atom. The van der Waals surface area contributed by atoms with Gasteiger partial charge in [-0.15, -0.1) is 12.4 Å². The fraction of sp³-hybridized carbons (Fsp3) is 0.286. The molecule has 0 saturated carbocycles. The molecule has 0 radical (unpaired) electrons. The largest absolute Gasteiger partial charge is 0.492 e. The van der Waals surface area contributed by atoms with E-state index >= 15 is 0 Å². The molecule has 26 heavy (non-hydrogen) atoms. The van der Waals surface area contributed by atoms with Gasteiger partial charge >= 0.3 is 0 Å². The summed E-state index contributed by atoms with van der Waals surface area (Å²) in [5, 5.41) is 5.94. The molecule has 2 heterocycles. The second-order valence-corrected chi connectivity index (χ2v) is 6.40. The average molecular weight is 370 g/mol. The van der Waals surface area contributed by atoms with E-state index in [0.717, 1.165) is 31.9 Å². The van der Waals surface area contributed by atoms with Gasteiger partial charge in [0.2, 0.25) is 0 Å². The molecular formula is C21H24ClN3O. The Morgan fingerprint density at radius 1 is 1.08 bits per heavy atom. The van der Waals surface area contributed by atoms with E-state index in [4.69, 9.17) is 4.74 Å². The lowest BCUT2D eigenvalue weighted by molar-refractivity contribution is 0.134. The lowest BCUT2D eigenvalue weighted by atomic mass is 10.1. The van der Waals surface area contributed by atoms with E-state index in [1.165, 1.54) is 16.3 Å². The average Bonchev–Trinajstić information content (AvgIpc) is 2.69. The Bertz CT molecular complexity index is 828. The molecule has 1 atom stereocenters. The number of benzene rings is 2. The maximum Gasteiger partial charge on any atom is 0.120 e. The number of rotatable bonds is 5. The Labute approximate surface area is 160 Å². The molecule has 4 rings (SSSR count). The van der Waals surface area contributed by atoms with Crippen molar-refractivity contribution in [2.45, 2.75) is 6.04 Å². The smallest absolute Gasteiger partial charge is 0.120 e. The summed E-state index contributed by atoms with van der Waals surface area (Å²) < 4.78 is 6.02. The topological polar surface area (TPSA) is 37.4 Å². The third-order valence-corrected chi connectivity index (χ3v) is 4.79. The van der Waals surface area contributed by atoms with Gasteiger partial charge in [-0.25, -0.2) is 0 Å². The van der Waals surface area contributed by atoms with Crippen LogP contribution in [0.3, 0.4) is 0 Å². The van der Waals surface area contributed by atoms with Gasteiger partial charge in [-0.2, -0.15) is 0 Å². The Balaban J connectivity index is 0.00000196. The van der Waals surface area contributed by atoms with Crippen LogP contribution in [0.2, 0.25) is 0 Å². The van der Waals surface area contributed by atoms with Crippen molar-refractivity contribution in [2.75, 3.05) is 32.8 Å². The maximum atomic E-state index is 6.02. The van der Waals surface area contributed by atoms with Crippen LogP contribution in [0.15, 0.2) is 67.0 Å². The van der Waals surface area contributed by atoms with Gasteiger partial charge in [-0.05, 0) is 34.5 Å². The van der Waals surface area contributed by atoms with E-state index in [1.807, 2.05) is 18.5 Å². The summed E-state index contributed by atoms with van der Waals surface area (Å²) in [5.74, 6) is 0.937. The molecule has 1 N–H and O–H groups in total. The van der Waals surface area contributed by atoms with E-state index in [2.05, 4.69) is 63.7 Å². The van der Waals surface area contributed by atoms with Gasteiger partial charge in [0.05, 0.1) is 0 Å². The first-order valence-corrected chi connectivity index (χ1v) is 8.86. The molecule has 0 amide bonds. The highest BCUT2D eigenvalue weighted by atomic mass is 35.5. The van der Waals surface area contributed by atoms with Crippen molar-refractivity contribution in [1.82, 2.24) is 15.2 Å². The zero-order valence-electron chi connectivity index (χ0n) is 14.7. The summed E-state index contributed by atoms with van der Waals surface area (Å²) in [4.78, 5) is 6.75. The molecule has 1 aliphatic rings. The van der Waals surface area contributed by atoms with Crippen LogP contribution >= 0.6 is 12.4 Å². The Hall–Kier alpha value is -2.14. The van der Waals surface area contributed by atoms with Crippen LogP contribution in [0.4, 0.5) is 0 Å². The van der Waals surface area contributed by atoms with Gasteiger partial charge in [0, 0.05) is 44.6 Å². The van der Waals surface area contributed by atoms with Gasteiger partial charge in [-0.1, -0.05) is 36.4 Å². The van der Waals surface area contributed by atoms with Crippen LogP contribution in [0.1, 0.15) is 11.6 Å². The highest BCUT2D eigenvalue weighted by Crippen LogP contribution is 2.22. The van der Waals surface area contributed by atoms with Crippen LogP contribution in [-0.2, 0) is 0 Å². The molecule has 1 fully saturated rings. The van der Waals surface area contributed by atoms with E-state index in [-0.39, 0.29) is 12.4 Å². The van der Waals surface area contributed by atoms with Gasteiger partial charge in [0.1, 0.15) is 12.4 Å². The number of nitrogens with one attached hydrogen (secondary N) is 1. The van der Waals surface area contributed by atoms with Crippen LogP contribution in [0.5, 0.6) is 5.75 Å². The van der Waals surface area contributed by atoms with Crippen molar-refractivity contribution in [3.05, 3.63) is 72.6 Å². The van der Waals surface area contributed by atoms with Crippen LogP contribution in [0, 0.1) is 0 Å². The molecule has 1 aromatic heterocycles. The molecule has 1 saturated heterocycles. The number of pyridine rings is 1. The fourth-order valence-electron chi connectivity index (χ4n) is 3.45. The second-order valence-electron chi connectivity index (χ2n) is 6.40. The number of halogens is 1. The van der Waals surface area contributed by atoms with Crippen molar-refractivity contribution < 1.29 is 4.74 Å². The summed E-state index contributed by atoms with van der Waals surface area (Å²) in [6.45, 7) is 4.61. The Morgan fingerprint density at radius 2 is 1.96 bits per heavy atom. The molecule has 3 aromatic rings. The monoisotopic (exact) mass is 369 g/mol. The van der Waals surface area contributed by atoms with Gasteiger partial charge in [0.25, 0.3) is 0 Å². The van der Waals surface area contributed by atoms with Crippen molar-refractivity contribution in [3.63, 3.8) is 0 Å². The van der Waals surface area contributed by atoms with Crippen molar-refractivity contribution in [3.8, 4) is 5.75 Å². The number of hydrogen-bond acceptors (Lipinski definition) is 4. The molecule has 5 heteroatoms.